The van der Waals surface area contributed by atoms with Gasteiger partial charge in [-0.3, -0.25) is 0 Å². The summed E-state index contributed by atoms with van der Waals surface area (Å²) in [6, 6.07) is 0. The summed E-state index contributed by atoms with van der Waals surface area (Å²) >= 11 is 0. The Labute approximate surface area is 204 Å². The minimum atomic E-state index is -4.13. The van der Waals surface area contributed by atoms with Crippen LogP contribution in [0, 0.1) is 0 Å². The summed E-state index contributed by atoms with van der Waals surface area (Å²) in [4.78, 5) is 0. The molecule has 0 amide bonds. The fourth-order valence-electron chi connectivity index (χ4n) is 3.85. The minimum Gasteiger partial charge on any atom is -0.748 e. The fourth-order valence-corrected chi connectivity index (χ4v) is 4.71. The van der Waals surface area contributed by atoms with Crippen molar-refractivity contribution in [3.8, 4) is 0 Å². The Morgan fingerprint density at radius 2 is 1.00 bits per heavy atom. The Bertz CT molecular complexity index is 429. The van der Waals surface area contributed by atoms with Gasteiger partial charge in [0, 0.05) is 5.25 Å². The van der Waals surface area contributed by atoms with Gasteiger partial charge in [0.1, 0.15) is 0 Å². The van der Waals surface area contributed by atoms with Crippen molar-refractivity contribution < 1.29 is 47.6 Å². The Morgan fingerprint density at radius 1 is 0.655 bits per heavy atom. The largest absolute Gasteiger partial charge is 1.00 e. The molecule has 2 atom stereocenters. The molecule has 29 heavy (non-hydrogen) atoms. The molecule has 0 spiro atoms. The molecular formula is C23H47NaO4S. The first-order chi connectivity index (χ1) is 13.4. The molecule has 0 aromatic heterocycles. The van der Waals surface area contributed by atoms with Crippen molar-refractivity contribution in [1.29, 1.82) is 0 Å². The quantitative estimate of drug-likeness (QED) is 0.167. The molecular weight excluding hydrogens is 395 g/mol. The van der Waals surface area contributed by atoms with E-state index in [1.54, 1.807) is 6.92 Å². The average Bonchev–Trinajstić information content (AvgIpc) is 2.64. The molecule has 0 aliphatic rings. The molecule has 0 aromatic rings. The van der Waals surface area contributed by atoms with E-state index < -0.39 is 15.4 Å². The van der Waals surface area contributed by atoms with Crippen LogP contribution >= 0.6 is 0 Å². The van der Waals surface area contributed by atoms with E-state index >= 15 is 0 Å². The number of aliphatic hydroxyl groups is 1. The summed E-state index contributed by atoms with van der Waals surface area (Å²) in [5.41, 5.74) is 0. The fraction of sp³-hybridized carbons (Fsp3) is 1.00. The van der Waals surface area contributed by atoms with Crippen LogP contribution in [0.1, 0.15) is 136 Å². The van der Waals surface area contributed by atoms with Gasteiger partial charge in [0.15, 0.2) is 0 Å². The van der Waals surface area contributed by atoms with Crippen molar-refractivity contribution in [3.05, 3.63) is 0 Å². The van der Waals surface area contributed by atoms with Gasteiger partial charge in [0.05, 0.1) is 16.2 Å². The Morgan fingerprint density at radius 3 is 1.34 bits per heavy atom. The molecule has 0 aliphatic carbocycles. The van der Waals surface area contributed by atoms with Crippen LogP contribution in [-0.4, -0.2) is 29.4 Å². The van der Waals surface area contributed by atoms with E-state index in [0.717, 1.165) is 51.4 Å². The number of rotatable bonds is 21. The minimum absolute atomic E-state index is 0. The van der Waals surface area contributed by atoms with Crippen molar-refractivity contribution in [3.63, 3.8) is 0 Å². The Kier molecular flexibility index (Phi) is 24.4. The van der Waals surface area contributed by atoms with Gasteiger partial charge in [0.2, 0.25) is 0 Å². The molecule has 0 bridgehead atoms. The van der Waals surface area contributed by atoms with Gasteiger partial charge in [-0.25, -0.2) is 8.42 Å². The molecule has 0 heterocycles. The molecule has 2 unspecified atom stereocenters. The zero-order valence-electron chi connectivity index (χ0n) is 19.7. The van der Waals surface area contributed by atoms with Gasteiger partial charge in [0.25, 0.3) is 0 Å². The summed E-state index contributed by atoms with van der Waals surface area (Å²) in [5.74, 6) is 0. The second-order valence-electron chi connectivity index (χ2n) is 8.49. The van der Waals surface area contributed by atoms with Gasteiger partial charge in [-0.15, -0.1) is 0 Å². The summed E-state index contributed by atoms with van der Waals surface area (Å²) in [6.07, 6.45) is 20.8. The monoisotopic (exact) mass is 442 g/mol. The van der Waals surface area contributed by atoms with E-state index in [9.17, 15) is 18.1 Å². The number of unbranched alkanes of at least 4 members (excludes halogenated alkanes) is 13. The first-order valence-corrected chi connectivity index (χ1v) is 13.5. The van der Waals surface area contributed by atoms with E-state index in [4.69, 9.17) is 0 Å². The van der Waals surface area contributed by atoms with Gasteiger partial charge >= 0.3 is 29.6 Å². The summed E-state index contributed by atoms with van der Waals surface area (Å²) < 4.78 is 33.1. The van der Waals surface area contributed by atoms with E-state index in [0.29, 0.717) is 12.8 Å². The smallest absolute Gasteiger partial charge is 0.748 e. The van der Waals surface area contributed by atoms with Crippen molar-refractivity contribution in [2.45, 2.75) is 147 Å². The predicted molar refractivity (Wildman–Crippen MR) is 119 cm³/mol. The molecule has 4 nitrogen and oxygen atoms in total. The molecule has 0 radical (unpaired) electrons. The summed E-state index contributed by atoms with van der Waals surface area (Å²) in [7, 11) is -4.13. The number of aliphatic hydroxyl groups excluding tert-OH is 1. The van der Waals surface area contributed by atoms with Crippen molar-refractivity contribution >= 4 is 10.1 Å². The van der Waals surface area contributed by atoms with E-state index in [-0.39, 0.29) is 35.7 Å². The van der Waals surface area contributed by atoms with E-state index in [1.807, 2.05) is 0 Å². The molecule has 170 valence electrons. The van der Waals surface area contributed by atoms with E-state index in [1.165, 1.54) is 57.8 Å². The van der Waals surface area contributed by atoms with Crippen LogP contribution in [0.25, 0.3) is 0 Å². The van der Waals surface area contributed by atoms with Crippen molar-refractivity contribution in [2.24, 2.45) is 0 Å². The zero-order valence-corrected chi connectivity index (χ0v) is 22.5. The average molecular weight is 443 g/mol. The van der Waals surface area contributed by atoms with Gasteiger partial charge < -0.3 is 9.66 Å². The van der Waals surface area contributed by atoms with Crippen molar-refractivity contribution in [1.82, 2.24) is 0 Å². The van der Waals surface area contributed by atoms with Crippen LogP contribution in [-0.2, 0) is 10.1 Å². The van der Waals surface area contributed by atoms with Crippen LogP contribution in [0.15, 0.2) is 0 Å². The van der Waals surface area contributed by atoms with Crippen LogP contribution in [0.2, 0.25) is 0 Å². The third-order valence-corrected chi connectivity index (χ3v) is 7.20. The zero-order chi connectivity index (χ0) is 21.1. The predicted octanol–water partition coefficient (Wildman–Crippen LogP) is 3.72. The first-order valence-electron chi connectivity index (χ1n) is 12.0. The summed E-state index contributed by atoms with van der Waals surface area (Å²) in [6.45, 7) is 4.02. The Hall–Kier alpha value is 0.870. The normalized spacial score (nSPS) is 13.8. The van der Waals surface area contributed by atoms with Gasteiger partial charge in [-0.2, -0.15) is 0 Å². The van der Waals surface area contributed by atoms with Crippen LogP contribution < -0.4 is 29.6 Å². The maximum absolute atomic E-state index is 11.0. The Balaban J connectivity index is 0. The second-order valence-corrected chi connectivity index (χ2v) is 10.1. The molecule has 0 rings (SSSR count). The molecule has 1 N–H and O–H groups in total. The maximum atomic E-state index is 11.0. The summed E-state index contributed by atoms with van der Waals surface area (Å²) in [5, 5.41) is 9.36. The van der Waals surface area contributed by atoms with Crippen LogP contribution in [0.4, 0.5) is 0 Å². The van der Waals surface area contributed by atoms with Gasteiger partial charge in [-0.1, -0.05) is 110 Å². The van der Waals surface area contributed by atoms with Crippen LogP contribution in [0.3, 0.4) is 0 Å². The van der Waals surface area contributed by atoms with Crippen molar-refractivity contribution in [2.75, 3.05) is 0 Å². The van der Waals surface area contributed by atoms with E-state index in [2.05, 4.69) is 6.92 Å². The molecule has 0 aromatic carbocycles. The molecule has 0 saturated carbocycles. The molecule has 0 fully saturated rings. The topological polar surface area (TPSA) is 77.4 Å². The first kappa shape index (κ1) is 32.1. The maximum Gasteiger partial charge on any atom is 1.00 e. The molecule has 0 aliphatic heterocycles. The SMILES string of the molecule is CCCCCCCCCCCCC(O)CCCCCCCC(CC)S(=O)(=O)[O-].[Na+]. The second kappa shape index (κ2) is 22.1. The number of hydrogen-bond acceptors (Lipinski definition) is 4. The third kappa shape index (κ3) is 21.9. The standard InChI is InChI=1S/C23H48O4S.Na/c1-3-5-6-7-8-9-10-11-13-16-19-22(24)20-17-14-12-15-18-21-23(4-2)28(25,26)27;/h22-24H,3-21H2,1-2H3,(H,25,26,27);/q;+1/p-1. The molecule has 0 saturated heterocycles. The third-order valence-electron chi connectivity index (χ3n) is 5.82. The van der Waals surface area contributed by atoms with Crippen LogP contribution in [0.5, 0.6) is 0 Å². The number of hydrogen-bond donors (Lipinski definition) is 1. The molecule has 6 heteroatoms. The van der Waals surface area contributed by atoms with Gasteiger partial charge in [-0.05, 0) is 25.7 Å².